The Morgan fingerprint density at radius 3 is 2.37 bits per heavy atom. The summed E-state index contributed by atoms with van der Waals surface area (Å²) < 4.78 is 5.58. The maximum Gasteiger partial charge on any atom is 0.407 e. The van der Waals surface area contributed by atoms with E-state index in [9.17, 15) is 19.5 Å². The van der Waals surface area contributed by atoms with E-state index in [1.54, 1.807) is 4.90 Å². The highest BCUT2D eigenvalue weighted by atomic mass is 16.5. The van der Waals surface area contributed by atoms with Gasteiger partial charge in [0.05, 0.1) is 5.41 Å². The molecule has 2 aromatic rings. The van der Waals surface area contributed by atoms with Gasteiger partial charge in [0.25, 0.3) is 0 Å². The fraction of sp³-hybridized carbons (Fsp3) is 0.464. The Labute approximate surface area is 205 Å². The number of nitrogens with one attached hydrogen (secondary N) is 1. The minimum atomic E-state index is -0.811. The first-order valence-corrected chi connectivity index (χ1v) is 12.5. The summed E-state index contributed by atoms with van der Waals surface area (Å²) in [5.41, 5.74) is 3.89. The van der Waals surface area contributed by atoms with Gasteiger partial charge in [-0.05, 0) is 47.4 Å². The van der Waals surface area contributed by atoms with Crippen molar-refractivity contribution in [3.63, 3.8) is 0 Å². The van der Waals surface area contributed by atoms with Gasteiger partial charge in [0.2, 0.25) is 5.91 Å². The largest absolute Gasteiger partial charge is 0.481 e. The van der Waals surface area contributed by atoms with Gasteiger partial charge in [-0.1, -0.05) is 61.9 Å². The van der Waals surface area contributed by atoms with Crippen molar-refractivity contribution >= 4 is 18.0 Å². The molecule has 3 unspecified atom stereocenters. The molecule has 3 aliphatic rings. The molecule has 35 heavy (non-hydrogen) atoms. The molecule has 1 heterocycles. The number of carbonyl (C=O) groups excluding carboxylic acids is 2. The van der Waals surface area contributed by atoms with Crippen LogP contribution in [0.3, 0.4) is 0 Å². The summed E-state index contributed by atoms with van der Waals surface area (Å²) in [6, 6.07) is 16.4. The Bertz CT molecular complexity index is 1100. The predicted molar refractivity (Wildman–Crippen MR) is 131 cm³/mol. The Balaban J connectivity index is 1.10. The molecule has 5 rings (SSSR count). The number of benzene rings is 2. The van der Waals surface area contributed by atoms with Crippen LogP contribution in [-0.2, 0) is 14.3 Å². The molecule has 184 valence electrons. The van der Waals surface area contributed by atoms with Gasteiger partial charge < -0.3 is 20.1 Å². The summed E-state index contributed by atoms with van der Waals surface area (Å²) in [6.07, 6.45) is 2.12. The molecule has 0 aromatic heterocycles. The van der Waals surface area contributed by atoms with Crippen molar-refractivity contribution in [2.45, 2.75) is 38.5 Å². The smallest absolute Gasteiger partial charge is 0.407 e. The van der Waals surface area contributed by atoms with E-state index in [1.807, 2.05) is 31.2 Å². The van der Waals surface area contributed by atoms with Crippen molar-refractivity contribution in [3.8, 4) is 11.1 Å². The normalized spacial score (nSPS) is 24.5. The summed E-state index contributed by atoms with van der Waals surface area (Å²) >= 11 is 0. The third-order valence-corrected chi connectivity index (χ3v) is 7.94. The highest BCUT2D eigenvalue weighted by molar-refractivity contribution is 5.84. The number of carbonyl (C=O) groups is 3. The lowest BCUT2D eigenvalue weighted by Gasteiger charge is -2.24. The van der Waals surface area contributed by atoms with Gasteiger partial charge in [0.15, 0.2) is 0 Å². The van der Waals surface area contributed by atoms with Gasteiger partial charge in [-0.25, -0.2) is 4.79 Å². The standard InChI is InChI=1S/C28H32N2O5/c1-2-11-28(26(32)33)12-13-30(17-28)25(31)23-14-18(23)15-29-27(34)35-16-24-21-9-5-3-7-19(21)20-8-4-6-10-22(20)24/h3-10,18,23-24H,2,11-17H2,1H3,(H,29,34)(H,32,33). The van der Waals surface area contributed by atoms with Crippen molar-refractivity contribution in [2.75, 3.05) is 26.2 Å². The van der Waals surface area contributed by atoms with Gasteiger partial charge in [0.1, 0.15) is 6.61 Å². The van der Waals surface area contributed by atoms with Gasteiger partial charge in [0, 0.05) is 31.5 Å². The number of amides is 2. The Hall–Kier alpha value is -3.35. The molecule has 2 fully saturated rings. The summed E-state index contributed by atoms with van der Waals surface area (Å²) in [7, 11) is 0. The number of ether oxygens (including phenoxy) is 1. The molecule has 2 N–H and O–H groups in total. The first kappa shape index (κ1) is 23.4. The van der Waals surface area contributed by atoms with Gasteiger partial charge in [-0.15, -0.1) is 0 Å². The minimum absolute atomic E-state index is 0.0104. The van der Waals surface area contributed by atoms with E-state index in [2.05, 4.69) is 29.6 Å². The van der Waals surface area contributed by atoms with Crippen LogP contribution in [0.1, 0.15) is 49.7 Å². The van der Waals surface area contributed by atoms with Crippen LogP contribution in [0.5, 0.6) is 0 Å². The first-order chi connectivity index (χ1) is 16.9. The summed E-state index contributed by atoms with van der Waals surface area (Å²) in [5.74, 6) is -0.845. The van der Waals surface area contributed by atoms with E-state index >= 15 is 0 Å². The third kappa shape index (κ3) is 4.40. The molecule has 1 aliphatic heterocycles. The molecule has 2 amide bonds. The van der Waals surface area contributed by atoms with Crippen LogP contribution in [0.25, 0.3) is 11.1 Å². The zero-order chi connectivity index (χ0) is 24.6. The van der Waals surface area contributed by atoms with Crippen molar-refractivity contribution < 1.29 is 24.2 Å². The number of hydrogen-bond acceptors (Lipinski definition) is 4. The minimum Gasteiger partial charge on any atom is -0.481 e. The molecule has 2 aliphatic carbocycles. The fourth-order valence-electron chi connectivity index (χ4n) is 5.90. The molecule has 1 saturated carbocycles. The van der Waals surface area contributed by atoms with E-state index in [4.69, 9.17) is 4.74 Å². The molecule has 0 spiro atoms. The summed E-state index contributed by atoms with van der Waals surface area (Å²) in [4.78, 5) is 38.8. The average molecular weight is 477 g/mol. The number of nitrogens with zero attached hydrogens (tertiary/aromatic N) is 1. The molecule has 2 aromatic carbocycles. The molecular weight excluding hydrogens is 444 g/mol. The van der Waals surface area contributed by atoms with E-state index in [-0.39, 0.29) is 36.8 Å². The third-order valence-electron chi connectivity index (χ3n) is 7.94. The van der Waals surface area contributed by atoms with Crippen LogP contribution in [0.15, 0.2) is 48.5 Å². The zero-order valence-electron chi connectivity index (χ0n) is 20.0. The number of fused-ring (bicyclic) bond motifs is 3. The molecule has 1 saturated heterocycles. The van der Waals surface area contributed by atoms with Gasteiger partial charge >= 0.3 is 12.1 Å². The van der Waals surface area contributed by atoms with Crippen molar-refractivity contribution in [1.82, 2.24) is 10.2 Å². The number of carboxylic acid groups (broad SMARTS) is 1. The van der Waals surface area contributed by atoms with Crippen molar-refractivity contribution in [2.24, 2.45) is 17.3 Å². The molecule has 3 atom stereocenters. The van der Waals surface area contributed by atoms with Crippen molar-refractivity contribution in [3.05, 3.63) is 59.7 Å². The monoisotopic (exact) mass is 476 g/mol. The lowest BCUT2D eigenvalue weighted by molar-refractivity contribution is -0.149. The van der Waals surface area contributed by atoms with E-state index in [0.717, 1.165) is 6.42 Å². The number of rotatable bonds is 8. The second-order valence-electron chi connectivity index (χ2n) is 10.2. The Kier molecular flexibility index (Phi) is 6.26. The molecular formula is C28H32N2O5. The molecule has 0 radical (unpaired) electrons. The number of alkyl carbamates (subject to hydrolysis) is 1. The highest BCUT2D eigenvalue weighted by Crippen LogP contribution is 2.45. The lowest BCUT2D eigenvalue weighted by atomic mass is 9.83. The molecule has 7 nitrogen and oxygen atoms in total. The van der Waals surface area contributed by atoms with Crippen molar-refractivity contribution in [1.29, 1.82) is 0 Å². The van der Waals surface area contributed by atoms with Gasteiger partial charge in [-0.2, -0.15) is 0 Å². The average Bonchev–Trinajstić information content (AvgIpc) is 3.40. The zero-order valence-corrected chi connectivity index (χ0v) is 20.0. The second-order valence-corrected chi connectivity index (χ2v) is 10.2. The van der Waals surface area contributed by atoms with Crippen LogP contribution >= 0.6 is 0 Å². The van der Waals surface area contributed by atoms with E-state index < -0.39 is 17.5 Å². The summed E-state index contributed by atoms with van der Waals surface area (Å²) in [6.45, 7) is 3.41. The number of likely N-dealkylation sites (tertiary alicyclic amines) is 1. The van der Waals surface area contributed by atoms with Crippen LogP contribution in [-0.4, -0.2) is 54.2 Å². The number of hydrogen-bond donors (Lipinski definition) is 2. The highest BCUT2D eigenvalue weighted by Gasteiger charge is 2.50. The van der Waals surface area contributed by atoms with Crippen LogP contribution < -0.4 is 5.32 Å². The van der Waals surface area contributed by atoms with Gasteiger partial charge in [-0.3, -0.25) is 9.59 Å². The van der Waals surface area contributed by atoms with Crippen LogP contribution in [0.2, 0.25) is 0 Å². The SMILES string of the molecule is CCCC1(C(=O)O)CCN(C(=O)C2CC2CNC(=O)OCC2c3ccccc3-c3ccccc32)C1. The predicted octanol–water partition coefficient (Wildman–Crippen LogP) is 4.26. The topological polar surface area (TPSA) is 95.9 Å². The lowest BCUT2D eigenvalue weighted by Crippen LogP contribution is -2.38. The first-order valence-electron chi connectivity index (χ1n) is 12.5. The maximum absolute atomic E-state index is 12.9. The maximum atomic E-state index is 12.9. The number of carboxylic acids is 1. The molecule has 0 bridgehead atoms. The number of aliphatic carboxylic acids is 1. The fourth-order valence-corrected chi connectivity index (χ4v) is 5.90. The van der Waals surface area contributed by atoms with E-state index in [1.165, 1.54) is 22.3 Å². The van der Waals surface area contributed by atoms with E-state index in [0.29, 0.717) is 32.4 Å². The van der Waals surface area contributed by atoms with Crippen LogP contribution in [0.4, 0.5) is 4.79 Å². The second kappa shape index (κ2) is 9.36. The molecule has 7 heteroatoms. The quantitative estimate of drug-likeness (QED) is 0.593. The van der Waals surface area contributed by atoms with Crippen LogP contribution in [0, 0.1) is 17.3 Å². The Morgan fingerprint density at radius 2 is 1.74 bits per heavy atom. The summed E-state index contributed by atoms with van der Waals surface area (Å²) in [5, 5.41) is 12.5. The Morgan fingerprint density at radius 1 is 1.09 bits per heavy atom.